The quantitative estimate of drug-likeness (QED) is 0.812. The maximum absolute atomic E-state index is 11.1. The van der Waals surface area contributed by atoms with Gasteiger partial charge in [-0.15, -0.1) is 0 Å². The summed E-state index contributed by atoms with van der Waals surface area (Å²) in [5, 5.41) is 7.86. The fourth-order valence-electron chi connectivity index (χ4n) is 1.42. The summed E-state index contributed by atoms with van der Waals surface area (Å²) in [6.07, 6.45) is 0. The van der Waals surface area contributed by atoms with Crippen molar-refractivity contribution in [2.24, 2.45) is 5.14 Å². The highest BCUT2D eigenvalue weighted by Crippen LogP contribution is 2.26. The van der Waals surface area contributed by atoms with Crippen molar-refractivity contribution in [3.8, 4) is 0 Å². The second-order valence-corrected chi connectivity index (χ2v) is 7.01. The van der Waals surface area contributed by atoms with Crippen LogP contribution >= 0.6 is 31.9 Å². The first-order valence-electron chi connectivity index (χ1n) is 5.17. The molecule has 102 valence electrons. The van der Waals surface area contributed by atoms with Gasteiger partial charge < -0.3 is 9.73 Å². The molecule has 0 amide bonds. The fourth-order valence-corrected chi connectivity index (χ4v) is 2.65. The molecular formula is C11H10Br2N2O3S. The molecule has 1 aromatic heterocycles. The Morgan fingerprint density at radius 1 is 1.21 bits per heavy atom. The van der Waals surface area contributed by atoms with E-state index in [1.807, 2.05) is 18.2 Å². The van der Waals surface area contributed by atoms with Crippen LogP contribution in [0.3, 0.4) is 0 Å². The average molecular weight is 410 g/mol. The molecule has 0 saturated carbocycles. The van der Waals surface area contributed by atoms with Gasteiger partial charge in [0.2, 0.25) is 5.09 Å². The van der Waals surface area contributed by atoms with Gasteiger partial charge >= 0.3 is 0 Å². The molecule has 0 aliphatic rings. The normalized spacial score (nSPS) is 11.5. The van der Waals surface area contributed by atoms with E-state index < -0.39 is 10.0 Å². The van der Waals surface area contributed by atoms with Crippen LogP contribution in [0.4, 0.5) is 5.69 Å². The number of rotatable bonds is 4. The first-order valence-corrected chi connectivity index (χ1v) is 8.30. The van der Waals surface area contributed by atoms with Crippen molar-refractivity contribution in [2.45, 2.75) is 11.6 Å². The molecule has 0 unspecified atom stereocenters. The second kappa shape index (κ2) is 5.66. The molecular weight excluding hydrogens is 400 g/mol. The van der Waals surface area contributed by atoms with Crippen LogP contribution in [0.2, 0.25) is 0 Å². The molecule has 0 atom stereocenters. The van der Waals surface area contributed by atoms with E-state index >= 15 is 0 Å². The topological polar surface area (TPSA) is 85.3 Å². The smallest absolute Gasteiger partial charge is 0.271 e. The molecule has 0 radical (unpaired) electrons. The minimum Gasteiger partial charge on any atom is -0.446 e. The van der Waals surface area contributed by atoms with Crippen LogP contribution in [0.15, 0.2) is 48.8 Å². The molecule has 0 saturated heterocycles. The Labute approximate surface area is 127 Å². The van der Waals surface area contributed by atoms with Gasteiger partial charge in [0.15, 0.2) is 0 Å². The van der Waals surface area contributed by atoms with Gasteiger partial charge in [-0.25, -0.2) is 13.6 Å². The Kier molecular flexibility index (Phi) is 4.34. The van der Waals surface area contributed by atoms with Crippen LogP contribution in [0.25, 0.3) is 0 Å². The lowest BCUT2D eigenvalue weighted by molar-refractivity contribution is 0.419. The Morgan fingerprint density at radius 3 is 2.58 bits per heavy atom. The minimum absolute atomic E-state index is 0.238. The second-order valence-electron chi connectivity index (χ2n) is 3.74. The van der Waals surface area contributed by atoms with Crippen molar-refractivity contribution in [1.29, 1.82) is 0 Å². The monoisotopic (exact) mass is 408 g/mol. The van der Waals surface area contributed by atoms with Crippen molar-refractivity contribution in [1.82, 2.24) is 0 Å². The van der Waals surface area contributed by atoms with Crippen LogP contribution in [-0.2, 0) is 16.6 Å². The number of anilines is 1. The Morgan fingerprint density at radius 2 is 1.95 bits per heavy atom. The lowest BCUT2D eigenvalue weighted by Crippen LogP contribution is -2.10. The van der Waals surface area contributed by atoms with Gasteiger partial charge in [0.25, 0.3) is 10.0 Å². The Balaban J connectivity index is 2.11. The lowest BCUT2D eigenvalue weighted by atomic mass is 10.3. The van der Waals surface area contributed by atoms with E-state index in [0.29, 0.717) is 12.3 Å². The molecule has 2 aromatic rings. The largest absolute Gasteiger partial charge is 0.446 e. The number of nitrogens with two attached hydrogens (primary N) is 1. The number of benzene rings is 1. The van der Waals surface area contributed by atoms with E-state index in [1.54, 1.807) is 6.07 Å². The summed E-state index contributed by atoms with van der Waals surface area (Å²) in [4.78, 5) is 0. The molecule has 0 fully saturated rings. The van der Waals surface area contributed by atoms with Crippen molar-refractivity contribution < 1.29 is 12.8 Å². The molecule has 1 aromatic carbocycles. The van der Waals surface area contributed by atoms with Crippen molar-refractivity contribution in [3.05, 3.63) is 45.0 Å². The summed E-state index contributed by atoms with van der Waals surface area (Å²) in [5.41, 5.74) is 0.864. The molecule has 1 heterocycles. The third-order valence-electron chi connectivity index (χ3n) is 2.30. The van der Waals surface area contributed by atoms with Crippen LogP contribution in [0.1, 0.15) is 5.76 Å². The van der Waals surface area contributed by atoms with E-state index in [-0.39, 0.29) is 5.09 Å². The third kappa shape index (κ3) is 3.82. The van der Waals surface area contributed by atoms with Crippen LogP contribution in [0, 0.1) is 0 Å². The first-order chi connectivity index (χ1) is 8.86. The number of halogens is 2. The molecule has 3 N–H and O–H groups in total. The van der Waals surface area contributed by atoms with Crippen LogP contribution in [-0.4, -0.2) is 8.42 Å². The molecule has 0 aliphatic heterocycles. The molecule has 0 aliphatic carbocycles. The Bertz CT molecular complexity index is 698. The van der Waals surface area contributed by atoms with Crippen molar-refractivity contribution in [2.75, 3.05) is 5.32 Å². The molecule has 2 rings (SSSR count). The average Bonchev–Trinajstić information content (AvgIpc) is 2.79. The number of sulfonamides is 1. The summed E-state index contributed by atoms with van der Waals surface area (Å²) >= 11 is 6.78. The third-order valence-corrected chi connectivity index (χ3v) is 4.26. The standard InChI is InChI=1S/C11H10Br2N2O3S/c12-7-1-3-9(13)10(5-7)15-6-8-2-4-11(18-8)19(14,16)17/h1-5,15H,6H2,(H2,14,16,17). The molecule has 0 bridgehead atoms. The summed E-state index contributed by atoms with van der Waals surface area (Å²) in [6.45, 7) is 0.352. The number of primary sulfonamides is 1. The number of nitrogens with one attached hydrogen (secondary N) is 1. The molecule has 19 heavy (non-hydrogen) atoms. The van der Waals surface area contributed by atoms with Gasteiger partial charge in [-0.05, 0) is 46.3 Å². The zero-order valence-corrected chi connectivity index (χ0v) is 13.5. The first kappa shape index (κ1) is 14.6. The predicted molar refractivity (Wildman–Crippen MR) is 79.2 cm³/mol. The number of furan rings is 1. The van der Waals surface area contributed by atoms with E-state index in [4.69, 9.17) is 9.56 Å². The van der Waals surface area contributed by atoms with Gasteiger partial charge in [0.1, 0.15) is 5.76 Å². The van der Waals surface area contributed by atoms with Gasteiger partial charge in [0, 0.05) is 14.6 Å². The van der Waals surface area contributed by atoms with Gasteiger partial charge in [-0.3, -0.25) is 0 Å². The highest BCUT2D eigenvalue weighted by atomic mass is 79.9. The highest BCUT2D eigenvalue weighted by molar-refractivity contribution is 9.11. The maximum atomic E-state index is 11.1. The summed E-state index contributed by atoms with van der Waals surface area (Å²) in [5.74, 6) is 0.482. The van der Waals surface area contributed by atoms with Crippen LogP contribution in [0.5, 0.6) is 0 Å². The lowest BCUT2D eigenvalue weighted by Gasteiger charge is -2.07. The summed E-state index contributed by atoms with van der Waals surface area (Å²) in [6, 6.07) is 8.60. The van der Waals surface area contributed by atoms with Crippen molar-refractivity contribution in [3.63, 3.8) is 0 Å². The van der Waals surface area contributed by atoms with E-state index in [9.17, 15) is 8.42 Å². The number of hydrogen-bond donors (Lipinski definition) is 2. The minimum atomic E-state index is -3.79. The zero-order chi connectivity index (χ0) is 14.0. The zero-order valence-electron chi connectivity index (χ0n) is 9.56. The van der Waals surface area contributed by atoms with E-state index in [0.717, 1.165) is 14.6 Å². The van der Waals surface area contributed by atoms with Crippen molar-refractivity contribution >= 4 is 47.6 Å². The van der Waals surface area contributed by atoms with Gasteiger partial charge in [0.05, 0.1) is 6.54 Å². The predicted octanol–water partition coefficient (Wildman–Crippen LogP) is 3.06. The van der Waals surface area contributed by atoms with E-state index in [2.05, 4.69) is 37.2 Å². The van der Waals surface area contributed by atoms with Gasteiger partial charge in [-0.2, -0.15) is 0 Å². The Hall–Kier alpha value is -0.830. The maximum Gasteiger partial charge on any atom is 0.271 e. The highest BCUT2D eigenvalue weighted by Gasteiger charge is 2.13. The molecule has 5 nitrogen and oxygen atoms in total. The number of hydrogen-bond acceptors (Lipinski definition) is 4. The SMILES string of the molecule is NS(=O)(=O)c1ccc(CNc2cc(Br)ccc2Br)o1. The van der Waals surface area contributed by atoms with Crippen LogP contribution < -0.4 is 10.5 Å². The van der Waals surface area contributed by atoms with E-state index in [1.165, 1.54) is 6.07 Å². The molecule has 0 spiro atoms. The summed E-state index contributed by atoms with van der Waals surface area (Å²) < 4.78 is 29.1. The van der Waals surface area contributed by atoms with Gasteiger partial charge in [-0.1, -0.05) is 15.9 Å². The summed E-state index contributed by atoms with van der Waals surface area (Å²) in [7, 11) is -3.79. The fraction of sp³-hybridized carbons (Fsp3) is 0.0909. The molecule has 8 heteroatoms.